The van der Waals surface area contributed by atoms with Crippen molar-refractivity contribution in [2.24, 2.45) is 5.10 Å². The van der Waals surface area contributed by atoms with E-state index in [0.717, 1.165) is 26.4 Å². The van der Waals surface area contributed by atoms with E-state index in [1.807, 2.05) is 56.3 Å². The standard InChI is InChI=1S/C17H18BrClN2O/c1-12(2)22-17-8-7-15(18)9-14(17)11-21-20-10-13-5-3-4-6-16(13)19/h3-9,11-12,20H,10H2,1-2H3/b21-11-. The van der Waals surface area contributed by atoms with Gasteiger partial charge in [0.25, 0.3) is 0 Å². The second kappa shape index (κ2) is 8.20. The zero-order valence-corrected chi connectivity index (χ0v) is 14.9. The van der Waals surface area contributed by atoms with E-state index in [9.17, 15) is 0 Å². The van der Waals surface area contributed by atoms with Gasteiger partial charge in [0, 0.05) is 15.1 Å². The van der Waals surface area contributed by atoms with E-state index in [1.54, 1.807) is 6.21 Å². The molecule has 0 atom stereocenters. The van der Waals surface area contributed by atoms with Gasteiger partial charge in [0.1, 0.15) is 5.75 Å². The average Bonchev–Trinajstić information content (AvgIpc) is 2.47. The highest BCUT2D eigenvalue weighted by Crippen LogP contribution is 2.22. The minimum atomic E-state index is 0.115. The highest BCUT2D eigenvalue weighted by Gasteiger charge is 2.04. The summed E-state index contributed by atoms with van der Waals surface area (Å²) in [5.41, 5.74) is 4.93. The predicted octanol–water partition coefficient (Wildman–Crippen LogP) is 5.01. The summed E-state index contributed by atoms with van der Waals surface area (Å²) >= 11 is 9.57. The van der Waals surface area contributed by atoms with Crippen LogP contribution < -0.4 is 10.2 Å². The Labute approximate surface area is 144 Å². The van der Waals surface area contributed by atoms with Gasteiger partial charge in [0.2, 0.25) is 0 Å². The van der Waals surface area contributed by atoms with Crippen LogP contribution in [-0.2, 0) is 6.54 Å². The average molecular weight is 382 g/mol. The molecule has 2 aromatic rings. The van der Waals surface area contributed by atoms with E-state index in [2.05, 4.69) is 26.5 Å². The first-order chi connectivity index (χ1) is 10.6. The molecule has 0 radical (unpaired) electrons. The maximum Gasteiger partial charge on any atom is 0.128 e. The minimum Gasteiger partial charge on any atom is -0.490 e. The van der Waals surface area contributed by atoms with Crippen molar-refractivity contribution in [3.63, 3.8) is 0 Å². The Kier molecular flexibility index (Phi) is 6.28. The molecule has 116 valence electrons. The molecule has 0 bridgehead atoms. The fraction of sp³-hybridized carbons (Fsp3) is 0.235. The molecule has 22 heavy (non-hydrogen) atoms. The maximum atomic E-state index is 6.11. The van der Waals surface area contributed by atoms with Gasteiger partial charge in [-0.2, -0.15) is 5.10 Å². The van der Waals surface area contributed by atoms with Gasteiger partial charge in [-0.25, -0.2) is 0 Å². The van der Waals surface area contributed by atoms with Gasteiger partial charge in [0.15, 0.2) is 0 Å². The molecule has 0 aromatic heterocycles. The van der Waals surface area contributed by atoms with Gasteiger partial charge in [-0.05, 0) is 43.7 Å². The molecule has 0 aliphatic heterocycles. The van der Waals surface area contributed by atoms with Crippen LogP contribution in [0.15, 0.2) is 52.0 Å². The molecule has 5 heteroatoms. The minimum absolute atomic E-state index is 0.115. The summed E-state index contributed by atoms with van der Waals surface area (Å²) in [7, 11) is 0. The summed E-state index contributed by atoms with van der Waals surface area (Å²) in [6.45, 7) is 4.57. The molecule has 0 amide bonds. The van der Waals surface area contributed by atoms with Gasteiger partial charge in [-0.15, -0.1) is 0 Å². The van der Waals surface area contributed by atoms with Gasteiger partial charge < -0.3 is 10.2 Å². The first-order valence-electron chi connectivity index (χ1n) is 7.02. The number of hydrogen-bond acceptors (Lipinski definition) is 3. The quantitative estimate of drug-likeness (QED) is 0.563. The molecule has 0 aliphatic rings. The number of benzene rings is 2. The third-order valence-corrected chi connectivity index (χ3v) is 3.72. The molecule has 0 unspecified atom stereocenters. The van der Waals surface area contributed by atoms with Crippen LogP contribution in [-0.4, -0.2) is 12.3 Å². The second-order valence-corrected chi connectivity index (χ2v) is 6.36. The van der Waals surface area contributed by atoms with Crippen molar-refractivity contribution in [2.75, 3.05) is 0 Å². The molecule has 2 aromatic carbocycles. The van der Waals surface area contributed by atoms with Gasteiger partial charge in [-0.3, -0.25) is 0 Å². The normalized spacial score (nSPS) is 11.1. The number of nitrogens with one attached hydrogen (secondary N) is 1. The van der Waals surface area contributed by atoms with E-state index < -0.39 is 0 Å². The van der Waals surface area contributed by atoms with Crippen LogP contribution in [0.2, 0.25) is 5.02 Å². The Morgan fingerprint density at radius 3 is 2.77 bits per heavy atom. The van der Waals surface area contributed by atoms with Crippen molar-refractivity contribution in [3.8, 4) is 5.75 Å². The molecule has 0 aliphatic carbocycles. The summed E-state index contributed by atoms with van der Waals surface area (Å²) in [6, 6.07) is 13.5. The van der Waals surface area contributed by atoms with Gasteiger partial charge in [-0.1, -0.05) is 45.7 Å². The lowest BCUT2D eigenvalue weighted by Gasteiger charge is -2.12. The number of nitrogens with zero attached hydrogens (tertiary/aromatic N) is 1. The number of halogens is 2. The summed E-state index contributed by atoms with van der Waals surface area (Å²) in [4.78, 5) is 0. The Morgan fingerprint density at radius 1 is 1.27 bits per heavy atom. The van der Waals surface area contributed by atoms with Gasteiger partial charge in [0.05, 0.1) is 18.9 Å². The zero-order valence-electron chi connectivity index (χ0n) is 12.5. The zero-order chi connectivity index (χ0) is 15.9. The van der Waals surface area contributed by atoms with Crippen LogP contribution >= 0.6 is 27.5 Å². The fourth-order valence-electron chi connectivity index (χ4n) is 1.87. The monoisotopic (exact) mass is 380 g/mol. The summed E-state index contributed by atoms with van der Waals surface area (Å²) < 4.78 is 6.76. The Hall–Kier alpha value is -1.52. The predicted molar refractivity (Wildman–Crippen MR) is 95.8 cm³/mol. The first kappa shape index (κ1) is 16.8. The molecular formula is C17H18BrClN2O. The largest absolute Gasteiger partial charge is 0.490 e. The van der Waals surface area contributed by atoms with Crippen molar-refractivity contribution >= 4 is 33.7 Å². The number of rotatable bonds is 6. The van der Waals surface area contributed by atoms with E-state index in [1.165, 1.54) is 0 Å². The maximum absolute atomic E-state index is 6.11. The molecule has 0 fully saturated rings. The first-order valence-corrected chi connectivity index (χ1v) is 8.19. The number of hydrazone groups is 1. The Balaban J connectivity index is 2.03. The Morgan fingerprint density at radius 2 is 2.05 bits per heavy atom. The van der Waals surface area contributed by atoms with E-state index in [4.69, 9.17) is 16.3 Å². The molecule has 0 heterocycles. The molecule has 2 rings (SSSR count). The van der Waals surface area contributed by atoms with Crippen molar-refractivity contribution < 1.29 is 4.74 Å². The van der Waals surface area contributed by atoms with Crippen molar-refractivity contribution in [2.45, 2.75) is 26.5 Å². The van der Waals surface area contributed by atoms with E-state index in [-0.39, 0.29) is 6.10 Å². The lowest BCUT2D eigenvalue weighted by atomic mass is 10.2. The fourth-order valence-corrected chi connectivity index (χ4v) is 2.45. The topological polar surface area (TPSA) is 33.6 Å². The molecule has 0 saturated carbocycles. The van der Waals surface area contributed by atoms with Crippen molar-refractivity contribution in [3.05, 3.63) is 63.1 Å². The van der Waals surface area contributed by atoms with Crippen LogP contribution in [0.3, 0.4) is 0 Å². The van der Waals surface area contributed by atoms with E-state index in [0.29, 0.717) is 6.54 Å². The summed E-state index contributed by atoms with van der Waals surface area (Å²) in [5, 5.41) is 4.99. The van der Waals surface area contributed by atoms with Crippen molar-refractivity contribution in [1.29, 1.82) is 0 Å². The molecule has 3 nitrogen and oxygen atoms in total. The SMILES string of the molecule is CC(C)Oc1ccc(Br)cc1/C=N\NCc1ccccc1Cl. The number of hydrogen-bond donors (Lipinski definition) is 1. The lowest BCUT2D eigenvalue weighted by Crippen LogP contribution is -2.09. The van der Waals surface area contributed by atoms with Crippen LogP contribution in [0, 0.1) is 0 Å². The third-order valence-electron chi connectivity index (χ3n) is 2.86. The van der Waals surface area contributed by atoms with Crippen molar-refractivity contribution in [1.82, 2.24) is 5.43 Å². The van der Waals surface area contributed by atoms with Crippen LogP contribution in [0.4, 0.5) is 0 Å². The number of ether oxygens (including phenoxy) is 1. The molecule has 0 saturated heterocycles. The van der Waals surface area contributed by atoms with Crippen LogP contribution in [0.5, 0.6) is 5.75 Å². The second-order valence-electron chi connectivity index (χ2n) is 5.03. The van der Waals surface area contributed by atoms with Crippen LogP contribution in [0.25, 0.3) is 0 Å². The highest BCUT2D eigenvalue weighted by atomic mass is 79.9. The van der Waals surface area contributed by atoms with E-state index >= 15 is 0 Å². The smallest absolute Gasteiger partial charge is 0.128 e. The molecule has 0 spiro atoms. The summed E-state index contributed by atoms with van der Waals surface area (Å²) in [5.74, 6) is 0.807. The lowest BCUT2D eigenvalue weighted by molar-refractivity contribution is 0.242. The third kappa shape index (κ3) is 5.04. The van der Waals surface area contributed by atoms with Crippen LogP contribution in [0.1, 0.15) is 25.0 Å². The Bertz CT molecular complexity index is 659. The summed E-state index contributed by atoms with van der Waals surface area (Å²) in [6.07, 6.45) is 1.86. The highest BCUT2D eigenvalue weighted by molar-refractivity contribution is 9.10. The molecule has 1 N–H and O–H groups in total. The molecular weight excluding hydrogens is 364 g/mol. The van der Waals surface area contributed by atoms with Gasteiger partial charge >= 0.3 is 0 Å².